The molecule has 0 aliphatic heterocycles. The van der Waals surface area contributed by atoms with Crippen molar-refractivity contribution in [3.63, 3.8) is 0 Å². The average Bonchev–Trinajstić information content (AvgIpc) is 3.04. The van der Waals surface area contributed by atoms with Crippen LogP contribution in [0.25, 0.3) is 0 Å². The predicted octanol–water partition coefficient (Wildman–Crippen LogP) is 13.9. The minimum atomic E-state index is -0.946. The van der Waals surface area contributed by atoms with Gasteiger partial charge in [0.05, 0.1) is 17.0 Å². The van der Waals surface area contributed by atoms with Crippen LogP contribution in [-0.2, 0) is 19.5 Å². The Hall–Kier alpha value is 1.48. The van der Waals surface area contributed by atoms with E-state index in [1.807, 2.05) is 0 Å². The van der Waals surface area contributed by atoms with E-state index in [1.165, 1.54) is 74.8 Å². The molecule has 0 spiro atoms. The molecule has 0 aromatic carbocycles. The fourth-order valence-electron chi connectivity index (χ4n) is 10.9. The largest absolute Gasteiger partial charge is 3.00 e. The summed E-state index contributed by atoms with van der Waals surface area (Å²) >= 11 is 0. The zero-order valence-corrected chi connectivity index (χ0v) is 32.2. The maximum atomic E-state index is 5.15. The van der Waals surface area contributed by atoms with Gasteiger partial charge < -0.3 is 14.9 Å². The second-order valence-electron chi connectivity index (χ2n) is 15.4. The SMILES string of the molecule is C1CCC([PH+](C2CCCCC2)C2CCCCC2)CC1.[CH2-][P+](C1CCCCC1)(C1CCCCC1)C1CCCCC1.[CH3-].[CH3-].[Rh+3]. The number of hydrogen-bond acceptors (Lipinski definition) is 0. The fourth-order valence-corrected chi connectivity index (χ4v) is 21.9. The standard InChI is InChI=1S/C19H35P.C18H33P.2CH3.Rh/c1-20(17-11-5-2-6-12-17,18-13-7-3-8-14-18)19-15-9-4-10-16-19;1-4-10-16(11-5-1)19(17-12-6-2-7-13-17)18-14-8-3-9-15-18;;;/h17-19H,1-16H2;16-18H,1-15H2;2*1H3;/q;;2*-1;+3/p+1. The van der Waals surface area contributed by atoms with Crippen LogP contribution in [0.1, 0.15) is 193 Å². The van der Waals surface area contributed by atoms with Crippen molar-refractivity contribution in [1.82, 2.24) is 0 Å². The van der Waals surface area contributed by atoms with Crippen molar-refractivity contribution in [2.75, 3.05) is 0 Å². The van der Waals surface area contributed by atoms with Crippen LogP contribution in [0.15, 0.2) is 0 Å². The van der Waals surface area contributed by atoms with E-state index in [0.717, 1.165) is 17.0 Å². The van der Waals surface area contributed by atoms with Gasteiger partial charge >= 0.3 is 19.5 Å². The first kappa shape index (κ1) is 39.7. The summed E-state index contributed by atoms with van der Waals surface area (Å²) in [6.07, 6.45) is 46.7. The van der Waals surface area contributed by atoms with Crippen LogP contribution in [-0.4, -0.2) is 34.0 Å². The third-order valence-corrected chi connectivity index (χ3v) is 23.2. The van der Waals surface area contributed by atoms with Gasteiger partial charge in [-0.1, -0.05) is 38.5 Å². The normalized spacial score (nSPS) is 26.7. The van der Waals surface area contributed by atoms with E-state index in [4.69, 9.17) is 6.66 Å². The van der Waals surface area contributed by atoms with Crippen molar-refractivity contribution in [1.29, 1.82) is 0 Å². The molecule has 6 rings (SSSR count). The molecule has 6 fully saturated rings. The quantitative estimate of drug-likeness (QED) is 0.146. The van der Waals surface area contributed by atoms with E-state index in [1.54, 1.807) is 135 Å². The molecule has 6 aliphatic rings. The molecule has 0 nitrogen and oxygen atoms in total. The summed E-state index contributed by atoms with van der Waals surface area (Å²) in [7, 11) is -0.992. The zero-order valence-electron chi connectivity index (χ0n) is 28.7. The van der Waals surface area contributed by atoms with Crippen molar-refractivity contribution in [3.8, 4) is 0 Å². The van der Waals surface area contributed by atoms with Crippen LogP contribution >= 0.6 is 15.2 Å². The molecular formula is C39H75P2Rh+2. The molecular weight excluding hydrogens is 633 g/mol. The molecule has 42 heavy (non-hydrogen) atoms. The molecule has 6 saturated carbocycles. The molecule has 0 unspecified atom stereocenters. The van der Waals surface area contributed by atoms with Gasteiger partial charge in [-0.25, -0.2) is 0 Å². The Kier molecular flexibility index (Phi) is 20.2. The Bertz CT molecular complexity index is 557. The van der Waals surface area contributed by atoms with Crippen LogP contribution < -0.4 is 0 Å². The van der Waals surface area contributed by atoms with Gasteiger partial charge in [-0.3, -0.25) is 0 Å². The topological polar surface area (TPSA) is 0 Å². The van der Waals surface area contributed by atoms with Crippen molar-refractivity contribution >= 4 is 15.2 Å². The van der Waals surface area contributed by atoms with Gasteiger partial charge in [0.2, 0.25) is 0 Å². The summed E-state index contributed by atoms with van der Waals surface area (Å²) in [6, 6.07) is 0. The molecule has 0 atom stereocenters. The third kappa shape index (κ3) is 10.8. The summed E-state index contributed by atoms with van der Waals surface area (Å²) in [5, 5.41) is 0. The summed E-state index contributed by atoms with van der Waals surface area (Å²) in [4.78, 5) is 0. The Balaban J connectivity index is 0.000000274. The molecule has 248 valence electrons. The molecule has 6 aliphatic carbocycles. The fraction of sp³-hybridized carbons (Fsp3) is 0.923. The first-order valence-corrected chi connectivity index (χ1v) is 22.8. The van der Waals surface area contributed by atoms with Gasteiger partial charge in [-0.2, -0.15) is 6.66 Å². The maximum Gasteiger partial charge on any atom is 3.00 e. The molecule has 0 bridgehead atoms. The molecule has 0 N–H and O–H groups in total. The van der Waals surface area contributed by atoms with E-state index in [0.29, 0.717) is 0 Å². The summed E-state index contributed by atoms with van der Waals surface area (Å²) in [5.41, 5.74) is 6.90. The third-order valence-electron chi connectivity index (χ3n) is 13.0. The minimum absolute atomic E-state index is 0. The molecule has 0 saturated heterocycles. The Morgan fingerprint density at radius 1 is 0.333 bits per heavy atom. The molecule has 0 aromatic heterocycles. The second kappa shape index (κ2) is 21.4. The van der Waals surface area contributed by atoms with Crippen LogP contribution in [0.2, 0.25) is 0 Å². The zero-order chi connectivity index (χ0) is 26.8. The summed E-state index contributed by atoms with van der Waals surface area (Å²) in [6.45, 7) is 5.15. The summed E-state index contributed by atoms with van der Waals surface area (Å²) in [5.74, 6) is 0. The molecule has 0 heterocycles. The predicted molar refractivity (Wildman–Crippen MR) is 195 cm³/mol. The van der Waals surface area contributed by atoms with Crippen molar-refractivity contribution < 1.29 is 19.5 Å². The monoisotopic (exact) mass is 708 g/mol. The molecule has 0 radical (unpaired) electrons. The number of hydrogen-bond donors (Lipinski definition) is 0. The van der Waals surface area contributed by atoms with Crippen LogP contribution in [0.3, 0.4) is 0 Å². The number of rotatable bonds is 6. The molecule has 0 amide bonds. The van der Waals surface area contributed by atoms with Crippen molar-refractivity contribution in [2.24, 2.45) is 0 Å². The van der Waals surface area contributed by atoms with Gasteiger partial charge in [0, 0.05) is 24.9 Å². The van der Waals surface area contributed by atoms with Crippen LogP contribution in [0.5, 0.6) is 0 Å². The van der Waals surface area contributed by atoms with Gasteiger partial charge in [0.1, 0.15) is 0 Å². The van der Waals surface area contributed by atoms with Gasteiger partial charge in [0.25, 0.3) is 0 Å². The smallest absolute Gasteiger partial charge is 0.358 e. The van der Waals surface area contributed by atoms with Crippen molar-refractivity contribution in [3.05, 3.63) is 21.5 Å². The maximum absolute atomic E-state index is 5.15. The first-order chi connectivity index (χ1) is 19.3. The van der Waals surface area contributed by atoms with Crippen LogP contribution in [0, 0.1) is 21.5 Å². The van der Waals surface area contributed by atoms with E-state index in [9.17, 15) is 0 Å². The minimum Gasteiger partial charge on any atom is -0.358 e. The van der Waals surface area contributed by atoms with Crippen LogP contribution in [0.4, 0.5) is 0 Å². The summed E-state index contributed by atoms with van der Waals surface area (Å²) < 4.78 is 0. The first-order valence-electron chi connectivity index (χ1n) is 18.9. The van der Waals surface area contributed by atoms with Gasteiger partial charge in [-0.05, 0) is 154 Å². The van der Waals surface area contributed by atoms with E-state index < -0.39 is 7.26 Å². The van der Waals surface area contributed by atoms with E-state index in [2.05, 4.69) is 0 Å². The Morgan fingerprint density at radius 2 is 0.524 bits per heavy atom. The van der Waals surface area contributed by atoms with Crippen molar-refractivity contribution in [2.45, 2.75) is 227 Å². The molecule has 3 heteroatoms. The van der Waals surface area contributed by atoms with Gasteiger partial charge in [-0.15, -0.1) is 7.26 Å². The second-order valence-corrected chi connectivity index (χ2v) is 23.0. The Morgan fingerprint density at radius 3 is 0.738 bits per heavy atom. The van der Waals surface area contributed by atoms with E-state index >= 15 is 0 Å². The Labute approximate surface area is 281 Å². The van der Waals surface area contributed by atoms with Gasteiger partial charge in [0.15, 0.2) is 0 Å². The van der Waals surface area contributed by atoms with E-state index in [-0.39, 0.29) is 42.3 Å². The average molecular weight is 709 g/mol. The molecule has 0 aromatic rings.